The third kappa shape index (κ3) is 14.6. The van der Waals surface area contributed by atoms with Crippen LogP contribution in [0, 0.1) is 0 Å². The second kappa shape index (κ2) is 14.9. The number of nitrogens with zero attached hydrogens (tertiary/aromatic N) is 1. The van der Waals surface area contributed by atoms with Gasteiger partial charge in [0, 0.05) is 39.6 Å². The highest BCUT2D eigenvalue weighted by molar-refractivity contribution is 14.0. The molecule has 164 valence electrons. The molecule has 0 aliphatic carbocycles. The summed E-state index contributed by atoms with van der Waals surface area (Å²) in [6.07, 6.45) is 0.655. The highest BCUT2D eigenvalue weighted by atomic mass is 127. The van der Waals surface area contributed by atoms with Crippen LogP contribution in [0.4, 0.5) is 4.79 Å². The van der Waals surface area contributed by atoms with Crippen LogP contribution in [0.5, 0.6) is 0 Å². The Kier molecular flexibility index (Phi) is 13.8. The number of carbonyl (C=O) groups is 2. The predicted octanol–water partition coefficient (Wildman–Crippen LogP) is 2.39. The van der Waals surface area contributed by atoms with E-state index in [0.29, 0.717) is 38.6 Å². The fraction of sp³-hybridized carbons (Fsp3) is 0.550. The van der Waals surface area contributed by atoms with E-state index in [1.54, 1.807) is 7.05 Å². The third-order valence-electron chi connectivity index (χ3n) is 3.51. The number of carbonyl (C=O) groups excluding carboxylic acids is 2. The van der Waals surface area contributed by atoms with Gasteiger partial charge in [0.25, 0.3) is 0 Å². The Morgan fingerprint density at radius 1 is 0.966 bits per heavy atom. The summed E-state index contributed by atoms with van der Waals surface area (Å²) >= 11 is 0. The van der Waals surface area contributed by atoms with E-state index in [9.17, 15) is 9.59 Å². The molecule has 0 aromatic heterocycles. The lowest BCUT2D eigenvalue weighted by Gasteiger charge is -2.19. The first-order valence-electron chi connectivity index (χ1n) is 9.52. The van der Waals surface area contributed by atoms with Gasteiger partial charge in [0.1, 0.15) is 5.60 Å². The van der Waals surface area contributed by atoms with Gasteiger partial charge in [0.05, 0.1) is 0 Å². The van der Waals surface area contributed by atoms with Crippen molar-refractivity contribution >= 4 is 41.9 Å². The molecule has 0 bridgehead atoms. The van der Waals surface area contributed by atoms with Crippen molar-refractivity contribution in [2.45, 2.75) is 45.8 Å². The molecular weight excluding hydrogens is 485 g/mol. The van der Waals surface area contributed by atoms with Crippen LogP contribution in [-0.2, 0) is 16.1 Å². The SMILES string of the molecule is CN=C(NCCCNC(=O)OC(C)(C)C)NCCC(=O)NCc1ccccc1.I. The van der Waals surface area contributed by atoms with Gasteiger partial charge in [-0.2, -0.15) is 0 Å². The number of amides is 2. The molecule has 9 heteroatoms. The van der Waals surface area contributed by atoms with E-state index in [0.717, 1.165) is 12.0 Å². The second-order valence-corrected chi connectivity index (χ2v) is 7.22. The van der Waals surface area contributed by atoms with Crippen molar-refractivity contribution in [3.63, 3.8) is 0 Å². The Bertz CT molecular complexity index is 633. The molecule has 0 saturated heterocycles. The highest BCUT2D eigenvalue weighted by Gasteiger charge is 2.15. The van der Waals surface area contributed by atoms with Crippen molar-refractivity contribution in [1.29, 1.82) is 0 Å². The summed E-state index contributed by atoms with van der Waals surface area (Å²) in [5, 5.41) is 11.8. The first-order chi connectivity index (χ1) is 13.3. The lowest BCUT2D eigenvalue weighted by Crippen LogP contribution is -2.40. The summed E-state index contributed by atoms with van der Waals surface area (Å²) in [7, 11) is 1.67. The Hall–Kier alpha value is -2.04. The normalized spacial score (nSPS) is 11.1. The highest BCUT2D eigenvalue weighted by Crippen LogP contribution is 2.06. The lowest BCUT2D eigenvalue weighted by molar-refractivity contribution is -0.121. The average molecular weight is 519 g/mol. The molecule has 0 atom stereocenters. The molecule has 0 heterocycles. The zero-order chi connectivity index (χ0) is 20.8. The smallest absolute Gasteiger partial charge is 0.407 e. The molecule has 1 aromatic rings. The van der Waals surface area contributed by atoms with Crippen molar-refractivity contribution in [1.82, 2.24) is 21.3 Å². The quantitative estimate of drug-likeness (QED) is 0.174. The van der Waals surface area contributed by atoms with Crippen molar-refractivity contribution in [2.75, 3.05) is 26.7 Å². The van der Waals surface area contributed by atoms with Crippen molar-refractivity contribution < 1.29 is 14.3 Å². The largest absolute Gasteiger partial charge is 0.444 e. The topological polar surface area (TPSA) is 104 Å². The van der Waals surface area contributed by atoms with Crippen molar-refractivity contribution in [3.05, 3.63) is 35.9 Å². The molecule has 0 unspecified atom stereocenters. The molecular formula is C20H34IN5O3. The minimum Gasteiger partial charge on any atom is -0.444 e. The maximum absolute atomic E-state index is 11.9. The monoisotopic (exact) mass is 519 g/mol. The Morgan fingerprint density at radius 2 is 1.59 bits per heavy atom. The van der Waals surface area contributed by atoms with Gasteiger partial charge in [-0.3, -0.25) is 9.79 Å². The first-order valence-corrected chi connectivity index (χ1v) is 9.52. The number of ether oxygens (including phenoxy) is 1. The molecule has 4 N–H and O–H groups in total. The summed E-state index contributed by atoms with van der Waals surface area (Å²) in [5.74, 6) is 0.599. The zero-order valence-electron chi connectivity index (χ0n) is 17.7. The number of nitrogens with one attached hydrogen (secondary N) is 4. The van der Waals surface area contributed by atoms with E-state index in [1.165, 1.54) is 0 Å². The first kappa shape index (κ1) is 27.0. The number of guanidine groups is 1. The van der Waals surface area contributed by atoms with E-state index >= 15 is 0 Å². The zero-order valence-corrected chi connectivity index (χ0v) is 20.0. The molecule has 2 amide bonds. The van der Waals surface area contributed by atoms with Gasteiger partial charge >= 0.3 is 6.09 Å². The summed E-state index contributed by atoms with van der Waals surface area (Å²) in [4.78, 5) is 27.5. The van der Waals surface area contributed by atoms with Gasteiger partial charge < -0.3 is 26.0 Å². The number of benzene rings is 1. The van der Waals surface area contributed by atoms with Crippen LogP contribution >= 0.6 is 24.0 Å². The van der Waals surface area contributed by atoms with Crippen LogP contribution in [0.3, 0.4) is 0 Å². The second-order valence-electron chi connectivity index (χ2n) is 7.22. The summed E-state index contributed by atoms with van der Waals surface area (Å²) in [6.45, 7) is 7.62. The van der Waals surface area contributed by atoms with Crippen LogP contribution in [0.15, 0.2) is 35.3 Å². The molecule has 0 spiro atoms. The van der Waals surface area contributed by atoms with Gasteiger partial charge in [-0.15, -0.1) is 24.0 Å². The van der Waals surface area contributed by atoms with Crippen molar-refractivity contribution in [2.24, 2.45) is 4.99 Å². The van der Waals surface area contributed by atoms with E-state index in [2.05, 4.69) is 26.3 Å². The predicted molar refractivity (Wildman–Crippen MR) is 127 cm³/mol. The van der Waals surface area contributed by atoms with E-state index < -0.39 is 11.7 Å². The Balaban J connectivity index is 0.00000784. The van der Waals surface area contributed by atoms with Gasteiger partial charge in [0.15, 0.2) is 5.96 Å². The molecule has 0 aliphatic rings. The molecule has 0 fully saturated rings. The number of alkyl carbamates (subject to hydrolysis) is 1. The molecule has 29 heavy (non-hydrogen) atoms. The molecule has 0 saturated carbocycles. The number of aliphatic imine (C=N–C) groups is 1. The molecule has 1 rings (SSSR count). The van der Waals surface area contributed by atoms with E-state index in [-0.39, 0.29) is 29.9 Å². The summed E-state index contributed by atoms with van der Waals surface area (Å²) in [5.41, 5.74) is 0.572. The van der Waals surface area contributed by atoms with Gasteiger partial charge in [-0.1, -0.05) is 30.3 Å². The van der Waals surface area contributed by atoms with Crippen LogP contribution in [0.2, 0.25) is 0 Å². The van der Waals surface area contributed by atoms with E-state index in [4.69, 9.17) is 4.74 Å². The number of hydrogen-bond donors (Lipinski definition) is 4. The number of halogens is 1. The Labute approximate surface area is 190 Å². The fourth-order valence-corrected chi connectivity index (χ4v) is 2.20. The minimum absolute atomic E-state index is 0. The molecule has 0 aliphatic heterocycles. The number of rotatable bonds is 9. The van der Waals surface area contributed by atoms with Crippen molar-refractivity contribution in [3.8, 4) is 0 Å². The molecule has 8 nitrogen and oxygen atoms in total. The standard InChI is InChI=1S/C20H33N5O3.HI/c1-20(2,3)28-19(27)24-13-8-12-22-18(21-4)23-14-11-17(26)25-15-16-9-6-5-7-10-16;/h5-7,9-10H,8,11-15H2,1-4H3,(H,24,27)(H,25,26)(H2,21,22,23);1H. The van der Waals surface area contributed by atoms with Crippen LogP contribution in [0.1, 0.15) is 39.2 Å². The van der Waals surface area contributed by atoms with Crippen LogP contribution in [0.25, 0.3) is 0 Å². The Morgan fingerprint density at radius 3 is 2.21 bits per heavy atom. The maximum atomic E-state index is 11.9. The minimum atomic E-state index is -0.498. The molecule has 0 radical (unpaired) electrons. The van der Waals surface area contributed by atoms with Gasteiger partial charge in [-0.25, -0.2) is 4.79 Å². The summed E-state index contributed by atoms with van der Waals surface area (Å²) < 4.78 is 5.17. The van der Waals surface area contributed by atoms with Gasteiger partial charge in [0.2, 0.25) is 5.91 Å². The molecule has 1 aromatic carbocycles. The lowest BCUT2D eigenvalue weighted by atomic mass is 10.2. The maximum Gasteiger partial charge on any atom is 0.407 e. The average Bonchev–Trinajstić information content (AvgIpc) is 2.64. The fourth-order valence-electron chi connectivity index (χ4n) is 2.20. The van der Waals surface area contributed by atoms with E-state index in [1.807, 2.05) is 51.1 Å². The van der Waals surface area contributed by atoms with Crippen LogP contribution in [-0.4, -0.2) is 50.2 Å². The van der Waals surface area contributed by atoms with Crippen LogP contribution < -0.4 is 21.3 Å². The number of hydrogen-bond acceptors (Lipinski definition) is 4. The third-order valence-corrected chi connectivity index (χ3v) is 3.51. The van der Waals surface area contributed by atoms with Gasteiger partial charge in [-0.05, 0) is 32.8 Å². The summed E-state index contributed by atoms with van der Waals surface area (Å²) in [6, 6.07) is 9.79.